The molecule has 2 aliphatic rings. The number of hydrogen-bond acceptors (Lipinski definition) is 3. The average molecular weight is 424 g/mol. The fourth-order valence-electron chi connectivity index (χ4n) is 4.40. The zero-order valence-electron chi connectivity index (χ0n) is 18.2. The molecule has 1 N–H and O–H groups in total. The summed E-state index contributed by atoms with van der Waals surface area (Å²) in [7, 11) is 0. The van der Waals surface area contributed by atoms with Gasteiger partial charge in [0.25, 0.3) is 5.91 Å². The molecule has 1 spiro atoms. The van der Waals surface area contributed by atoms with Gasteiger partial charge in [-0.15, -0.1) is 11.8 Å². The Kier molecular flexibility index (Phi) is 5.09. The maximum atomic E-state index is 14.1. The second kappa shape index (κ2) is 7.34. The first-order valence-electron chi connectivity index (χ1n) is 10.4. The van der Waals surface area contributed by atoms with Crippen molar-refractivity contribution in [3.63, 3.8) is 0 Å². The number of carbonyl (C=O) groups excluding carboxylic acids is 2. The Labute approximate surface area is 182 Å². The number of nitrogens with one attached hydrogen (secondary N) is 1. The summed E-state index contributed by atoms with van der Waals surface area (Å²) in [5.41, 5.74) is 4.05. The predicted octanol–water partition coefficient (Wildman–Crippen LogP) is 4.64. The van der Waals surface area contributed by atoms with Gasteiger partial charge < -0.3 is 10.2 Å². The minimum atomic E-state index is -1.04. The van der Waals surface area contributed by atoms with Gasteiger partial charge in [0, 0.05) is 22.9 Å². The first-order valence-corrected chi connectivity index (χ1v) is 11.2. The Hall–Kier alpha value is -2.47. The smallest absolute Gasteiger partial charge is 0.319 e. The van der Waals surface area contributed by atoms with Crippen molar-refractivity contribution < 1.29 is 9.59 Å². The number of aryl methyl sites for hydroxylation is 1. The number of rotatable bonds is 3. The monoisotopic (exact) mass is 423 g/mol. The Bertz CT molecular complexity index is 1000. The summed E-state index contributed by atoms with van der Waals surface area (Å²) >= 11 is 1.58. The Morgan fingerprint density at radius 3 is 2.50 bits per heavy atom. The van der Waals surface area contributed by atoms with Gasteiger partial charge in [0.15, 0.2) is 4.87 Å². The highest BCUT2D eigenvalue weighted by Gasteiger charge is 2.63. The molecule has 1 atom stereocenters. The second-order valence-corrected chi connectivity index (χ2v) is 10.9. The van der Waals surface area contributed by atoms with Crippen molar-refractivity contribution >= 4 is 29.4 Å². The van der Waals surface area contributed by atoms with Crippen LogP contribution in [0.15, 0.2) is 48.5 Å². The van der Waals surface area contributed by atoms with Crippen LogP contribution in [0.3, 0.4) is 0 Å². The molecule has 0 bridgehead atoms. The number of fused-ring (bicyclic) bond motifs is 2. The Morgan fingerprint density at radius 1 is 1.13 bits per heavy atom. The molecule has 2 aromatic carbocycles. The number of para-hydroxylation sites is 1. The van der Waals surface area contributed by atoms with Crippen LogP contribution in [0.2, 0.25) is 0 Å². The van der Waals surface area contributed by atoms with E-state index in [1.807, 2.05) is 55.1 Å². The molecule has 4 rings (SSSR count). The summed E-state index contributed by atoms with van der Waals surface area (Å²) in [6.45, 7) is 11.1. The quantitative estimate of drug-likeness (QED) is 0.782. The van der Waals surface area contributed by atoms with Crippen molar-refractivity contribution in [3.05, 3.63) is 65.2 Å². The summed E-state index contributed by atoms with van der Waals surface area (Å²) < 4.78 is -0.240. The standard InChI is InChI=1S/C24H29N3O2S/c1-16(2)25-22(29)27-15-23(4,5)30-24(27)19-12-8-9-13-20(19)26(21(24)28)14-18-11-7-6-10-17(18)3/h6-13,16H,14-15H2,1-5H3,(H,25,29)/t24-/m0/s1. The molecule has 3 amide bonds. The van der Waals surface area contributed by atoms with Crippen LogP contribution in [0.4, 0.5) is 10.5 Å². The Balaban J connectivity index is 1.82. The molecule has 0 aliphatic carbocycles. The van der Waals surface area contributed by atoms with Crippen molar-refractivity contribution in [2.75, 3.05) is 11.4 Å². The first kappa shape index (κ1) is 20.8. The van der Waals surface area contributed by atoms with Gasteiger partial charge in [-0.3, -0.25) is 9.69 Å². The number of anilines is 1. The number of benzene rings is 2. The third kappa shape index (κ3) is 3.27. The van der Waals surface area contributed by atoms with E-state index < -0.39 is 4.87 Å². The lowest BCUT2D eigenvalue weighted by Gasteiger charge is -2.33. The number of hydrogen-bond donors (Lipinski definition) is 1. The van der Waals surface area contributed by atoms with Gasteiger partial charge >= 0.3 is 6.03 Å². The third-order valence-electron chi connectivity index (χ3n) is 5.68. The van der Waals surface area contributed by atoms with E-state index in [0.29, 0.717) is 13.1 Å². The van der Waals surface area contributed by atoms with Crippen molar-refractivity contribution in [3.8, 4) is 0 Å². The van der Waals surface area contributed by atoms with Crippen molar-refractivity contribution in [1.82, 2.24) is 10.2 Å². The number of carbonyl (C=O) groups is 2. The zero-order chi connectivity index (χ0) is 21.7. The molecule has 2 aliphatic heterocycles. The lowest BCUT2D eigenvalue weighted by molar-refractivity contribution is -0.123. The van der Waals surface area contributed by atoms with E-state index >= 15 is 0 Å². The predicted molar refractivity (Wildman–Crippen MR) is 123 cm³/mol. The normalized spacial score (nSPS) is 22.1. The number of thioether (sulfide) groups is 1. The number of urea groups is 1. The molecule has 0 unspecified atom stereocenters. The fourth-order valence-corrected chi connectivity index (χ4v) is 6.13. The molecule has 2 aromatic rings. The van der Waals surface area contributed by atoms with Crippen molar-refractivity contribution in [1.29, 1.82) is 0 Å². The van der Waals surface area contributed by atoms with E-state index in [-0.39, 0.29) is 22.7 Å². The molecule has 1 fully saturated rings. The lowest BCUT2D eigenvalue weighted by atomic mass is 10.0. The largest absolute Gasteiger partial charge is 0.336 e. The van der Waals surface area contributed by atoms with E-state index in [2.05, 4.69) is 38.2 Å². The van der Waals surface area contributed by atoms with Crippen LogP contribution in [0.5, 0.6) is 0 Å². The van der Waals surface area contributed by atoms with Crippen LogP contribution in [-0.2, 0) is 16.2 Å². The van der Waals surface area contributed by atoms with Gasteiger partial charge in [-0.1, -0.05) is 42.5 Å². The van der Waals surface area contributed by atoms with Gasteiger partial charge in [-0.05, 0) is 51.8 Å². The molecule has 30 heavy (non-hydrogen) atoms. The first-order chi connectivity index (χ1) is 14.2. The summed E-state index contributed by atoms with van der Waals surface area (Å²) in [6.07, 6.45) is 0. The second-order valence-electron chi connectivity index (χ2n) is 9.03. The molecule has 0 aromatic heterocycles. The van der Waals surface area contributed by atoms with Crippen LogP contribution < -0.4 is 10.2 Å². The number of nitrogens with zero attached hydrogens (tertiary/aromatic N) is 2. The highest BCUT2D eigenvalue weighted by molar-refractivity contribution is 8.02. The minimum Gasteiger partial charge on any atom is -0.336 e. The molecule has 0 radical (unpaired) electrons. The third-order valence-corrected chi connectivity index (χ3v) is 7.28. The molecule has 2 heterocycles. The zero-order valence-corrected chi connectivity index (χ0v) is 19.0. The van der Waals surface area contributed by atoms with Gasteiger partial charge in [0.1, 0.15) is 0 Å². The Morgan fingerprint density at radius 2 is 1.80 bits per heavy atom. The van der Waals surface area contributed by atoms with E-state index in [1.54, 1.807) is 16.7 Å². The van der Waals surface area contributed by atoms with Crippen molar-refractivity contribution in [2.45, 2.75) is 56.8 Å². The average Bonchev–Trinajstić information content (AvgIpc) is 3.10. The molecule has 158 valence electrons. The molecule has 5 nitrogen and oxygen atoms in total. The van der Waals surface area contributed by atoms with Crippen LogP contribution in [0.25, 0.3) is 0 Å². The molecule has 0 saturated carbocycles. The van der Waals surface area contributed by atoms with Crippen molar-refractivity contribution in [2.24, 2.45) is 0 Å². The number of amides is 3. The molecule has 6 heteroatoms. The van der Waals surface area contributed by atoms with Gasteiger partial charge in [0.05, 0.1) is 12.2 Å². The summed E-state index contributed by atoms with van der Waals surface area (Å²) in [4.78, 5) is 29.8. The van der Waals surface area contributed by atoms with E-state index in [4.69, 9.17) is 0 Å². The lowest BCUT2D eigenvalue weighted by Crippen LogP contribution is -2.54. The van der Waals surface area contributed by atoms with Gasteiger partial charge in [-0.2, -0.15) is 0 Å². The summed E-state index contributed by atoms with van der Waals surface area (Å²) in [5.74, 6) is -0.0403. The maximum Gasteiger partial charge on any atom is 0.319 e. The van der Waals surface area contributed by atoms with Crippen LogP contribution in [0, 0.1) is 6.92 Å². The van der Waals surface area contributed by atoms with Crippen LogP contribution in [-0.4, -0.2) is 34.2 Å². The molecular weight excluding hydrogens is 394 g/mol. The molecular formula is C24H29N3O2S. The molecule has 1 saturated heterocycles. The van der Waals surface area contributed by atoms with Crippen LogP contribution >= 0.6 is 11.8 Å². The highest BCUT2D eigenvalue weighted by atomic mass is 32.2. The fraction of sp³-hybridized carbons (Fsp3) is 0.417. The SMILES string of the molecule is Cc1ccccc1CN1C(=O)[C@@]2(SC(C)(C)CN2C(=O)NC(C)C)c2ccccc21. The van der Waals surface area contributed by atoms with E-state index in [1.165, 1.54) is 0 Å². The topological polar surface area (TPSA) is 52.7 Å². The summed E-state index contributed by atoms with van der Waals surface area (Å²) in [5, 5.41) is 3.00. The highest BCUT2D eigenvalue weighted by Crippen LogP contribution is 2.59. The van der Waals surface area contributed by atoms with Gasteiger partial charge in [-0.25, -0.2) is 4.79 Å². The van der Waals surface area contributed by atoms with E-state index in [0.717, 1.165) is 22.4 Å². The van der Waals surface area contributed by atoms with Crippen LogP contribution in [0.1, 0.15) is 44.4 Å². The van der Waals surface area contributed by atoms with Gasteiger partial charge in [0.2, 0.25) is 0 Å². The van der Waals surface area contributed by atoms with E-state index in [9.17, 15) is 9.59 Å². The maximum absolute atomic E-state index is 14.1. The minimum absolute atomic E-state index is 0.00178. The summed E-state index contributed by atoms with van der Waals surface area (Å²) in [6, 6.07) is 15.8.